The molecular formula is C11H14N2O2S. The summed E-state index contributed by atoms with van der Waals surface area (Å²) in [7, 11) is -3.24. The van der Waals surface area contributed by atoms with E-state index in [0.717, 1.165) is 24.1 Å². The van der Waals surface area contributed by atoms with Crippen molar-refractivity contribution >= 4 is 15.9 Å². The standard InChI is InChI=1S/C11H14N2O2S/c14-16(15,12-8-9-12)13-7-3-5-10-4-1-2-6-11(10)13/h1-2,4,6H,3,5,7-9H2. The van der Waals surface area contributed by atoms with Crippen LogP contribution in [0.2, 0.25) is 0 Å². The van der Waals surface area contributed by atoms with E-state index in [-0.39, 0.29) is 0 Å². The molecule has 0 aromatic heterocycles. The number of nitrogens with zero attached hydrogens (tertiary/aromatic N) is 2. The monoisotopic (exact) mass is 238 g/mol. The van der Waals surface area contributed by atoms with Crippen LogP contribution in [0.5, 0.6) is 0 Å². The fraction of sp³-hybridized carbons (Fsp3) is 0.455. The maximum absolute atomic E-state index is 12.2. The van der Waals surface area contributed by atoms with Gasteiger partial charge in [0.2, 0.25) is 0 Å². The molecule has 1 fully saturated rings. The second kappa shape index (κ2) is 3.46. The van der Waals surface area contributed by atoms with E-state index in [0.29, 0.717) is 19.6 Å². The SMILES string of the molecule is O=S(=O)(N1CC1)N1CCCc2ccccc21. The predicted octanol–water partition coefficient (Wildman–Crippen LogP) is 1.000. The molecule has 0 aliphatic carbocycles. The molecule has 0 saturated carbocycles. The average molecular weight is 238 g/mol. The average Bonchev–Trinajstić information content (AvgIpc) is 3.12. The lowest BCUT2D eigenvalue weighted by Gasteiger charge is -2.30. The van der Waals surface area contributed by atoms with Gasteiger partial charge in [-0.3, -0.25) is 4.31 Å². The number of aryl methyl sites for hydroxylation is 1. The largest absolute Gasteiger partial charge is 0.304 e. The number of hydrogen-bond donors (Lipinski definition) is 0. The van der Waals surface area contributed by atoms with Crippen LogP contribution in [-0.4, -0.2) is 32.4 Å². The van der Waals surface area contributed by atoms with Gasteiger partial charge in [-0.2, -0.15) is 12.7 Å². The summed E-state index contributed by atoms with van der Waals surface area (Å²) in [6, 6.07) is 7.77. The highest BCUT2D eigenvalue weighted by Gasteiger charge is 2.38. The summed E-state index contributed by atoms with van der Waals surface area (Å²) in [6.07, 6.45) is 1.88. The third kappa shape index (κ3) is 1.51. The number of hydrogen-bond acceptors (Lipinski definition) is 2. The first kappa shape index (κ1) is 10.1. The Morgan fingerprint density at radius 3 is 2.56 bits per heavy atom. The molecule has 3 rings (SSSR count). The maximum Gasteiger partial charge on any atom is 0.304 e. The van der Waals surface area contributed by atoms with Crippen LogP contribution in [0.15, 0.2) is 24.3 Å². The minimum absolute atomic E-state index is 0.607. The van der Waals surface area contributed by atoms with Gasteiger partial charge in [-0.25, -0.2) is 0 Å². The molecule has 0 atom stereocenters. The summed E-state index contributed by atoms with van der Waals surface area (Å²) in [4.78, 5) is 0. The van der Waals surface area contributed by atoms with E-state index in [1.165, 1.54) is 4.31 Å². The summed E-state index contributed by atoms with van der Waals surface area (Å²) in [5.41, 5.74) is 2.00. The third-order valence-electron chi connectivity index (χ3n) is 3.08. The molecule has 2 aliphatic rings. The molecule has 0 N–H and O–H groups in total. The van der Waals surface area contributed by atoms with Crippen molar-refractivity contribution in [1.82, 2.24) is 4.31 Å². The number of fused-ring (bicyclic) bond motifs is 1. The molecule has 4 nitrogen and oxygen atoms in total. The molecule has 2 heterocycles. The van der Waals surface area contributed by atoms with Crippen molar-refractivity contribution < 1.29 is 8.42 Å². The van der Waals surface area contributed by atoms with Gasteiger partial charge in [-0.1, -0.05) is 18.2 Å². The van der Waals surface area contributed by atoms with Crippen LogP contribution < -0.4 is 4.31 Å². The smallest absolute Gasteiger partial charge is 0.257 e. The van der Waals surface area contributed by atoms with Gasteiger partial charge in [0.15, 0.2) is 0 Å². The van der Waals surface area contributed by atoms with Crippen LogP contribution in [0.1, 0.15) is 12.0 Å². The van der Waals surface area contributed by atoms with Gasteiger partial charge < -0.3 is 0 Å². The summed E-state index contributed by atoms with van der Waals surface area (Å²) >= 11 is 0. The molecule has 2 aliphatic heterocycles. The van der Waals surface area contributed by atoms with Crippen molar-refractivity contribution in [2.75, 3.05) is 23.9 Å². The van der Waals surface area contributed by atoms with Crippen molar-refractivity contribution in [2.45, 2.75) is 12.8 Å². The lowest BCUT2D eigenvalue weighted by molar-refractivity contribution is 0.553. The van der Waals surface area contributed by atoms with Crippen molar-refractivity contribution in [1.29, 1.82) is 0 Å². The van der Waals surface area contributed by atoms with Crippen LogP contribution in [0, 0.1) is 0 Å². The zero-order chi connectivity index (χ0) is 11.2. The van der Waals surface area contributed by atoms with Crippen LogP contribution in [-0.2, 0) is 16.6 Å². The summed E-state index contributed by atoms with van der Waals surface area (Å²) in [5.74, 6) is 0. The molecule has 16 heavy (non-hydrogen) atoms. The minimum Gasteiger partial charge on any atom is -0.257 e. The Labute approximate surface area is 95.7 Å². The first-order chi connectivity index (χ1) is 7.69. The van der Waals surface area contributed by atoms with Crippen LogP contribution >= 0.6 is 0 Å². The van der Waals surface area contributed by atoms with Gasteiger partial charge in [0, 0.05) is 19.6 Å². The van der Waals surface area contributed by atoms with E-state index in [2.05, 4.69) is 0 Å². The molecule has 86 valence electrons. The highest BCUT2D eigenvalue weighted by Crippen LogP contribution is 2.31. The summed E-state index contributed by atoms with van der Waals surface area (Å²) < 4.78 is 27.4. The van der Waals surface area contributed by atoms with E-state index >= 15 is 0 Å². The van der Waals surface area contributed by atoms with Crippen LogP contribution in [0.25, 0.3) is 0 Å². The summed E-state index contributed by atoms with van der Waals surface area (Å²) in [5, 5.41) is 0. The highest BCUT2D eigenvalue weighted by atomic mass is 32.2. The van der Waals surface area contributed by atoms with Crippen molar-refractivity contribution in [2.24, 2.45) is 0 Å². The molecule has 0 unspecified atom stereocenters. The molecule has 0 radical (unpaired) electrons. The Morgan fingerprint density at radius 2 is 1.81 bits per heavy atom. The van der Waals surface area contributed by atoms with Crippen molar-refractivity contribution in [3.63, 3.8) is 0 Å². The molecule has 1 saturated heterocycles. The lowest BCUT2D eigenvalue weighted by atomic mass is 10.0. The van der Waals surface area contributed by atoms with Crippen molar-refractivity contribution in [3.05, 3.63) is 29.8 Å². The molecule has 0 spiro atoms. The Hall–Kier alpha value is -1.07. The number of para-hydroxylation sites is 1. The topological polar surface area (TPSA) is 40.4 Å². The second-order valence-corrected chi connectivity index (χ2v) is 6.06. The first-order valence-corrected chi connectivity index (χ1v) is 6.95. The van der Waals surface area contributed by atoms with Gasteiger partial charge in [0.25, 0.3) is 0 Å². The fourth-order valence-corrected chi connectivity index (χ4v) is 3.76. The van der Waals surface area contributed by atoms with Crippen LogP contribution in [0.3, 0.4) is 0 Å². The van der Waals surface area contributed by atoms with Crippen molar-refractivity contribution in [3.8, 4) is 0 Å². The highest BCUT2D eigenvalue weighted by molar-refractivity contribution is 7.90. The Balaban J connectivity index is 2.04. The Bertz CT molecular complexity index is 508. The molecule has 1 aromatic carbocycles. The molecule has 1 aromatic rings. The Kier molecular flexibility index (Phi) is 2.19. The van der Waals surface area contributed by atoms with E-state index in [1.54, 1.807) is 4.31 Å². The van der Waals surface area contributed by atoms with E-state index in [4.69, 9.17) is 0 Å². The van der Waals surface area contributed by atoms with Gasteiger partial charge in [-0.15, -0.1) is 0 Å². The van der Waals surface area contributed by atoms with Gasteiger partial charge in [-0.05, 0) is 24.5 Å². The predicted molar refractivity (Wildman–Crippen MR) is 62.6 cm³/mol. The molecular weight excluding hydrogens is 224 g/mol. The van der Waals surface area contributed by atoms with E-state index in [9.17, 15) is 8.42 Å². The fourth-order valence-electron chi connectivity index (χ4n) is 2.15. The zero-order valence-electron chi connectivity index (χ0n) is 8.96. The molecule has 5 heteroatoms. The van der Waals surface area contributed by atoms with E-state index in [1.807, 2.05) is 24.3 Å². The van der Waals surface area contributed by atoms with Crippen LogP contribution in [0.4, 0.5) is 5.69 Å². The molecule has 0 amide bonds. The normalized spacial score (nSPS) is 20.6. The van der Waals surface area contributed by atoms with Gasteiger partial charge in [0.05, 0.1) is 5.69 Å². The minimum atomic E-state index is -3.24. The zero-order valence-corrected chi connectivity index (χ0v) is 9.78. The molecule has 0 bridgehead atoms. The number of benzene rings is 1. The summed E-state index contributed by atoms with van der Waals surface area (Å²) in [6.45, 7) is 1.94. The third-order valence-corrected chi connectivity index (χ3v) is 5.03. The van der Waals surface area contributed by atoms with Gasteiger partial charge in [0.1, 0.15) is 0 Å². The van der Waals surface area contributed by atoms with E-state index < -0.39 is 10.2 Å². The number of rotatable bonds is 2. The second-order valence-electron chi connectivity index (χ2n) is 4.21. The van der Waals surface area contributed by atoms with Gasteiger partial charge >= 0.3 is 10.2 Å². The lowest BCUT2D eigenvalue weighted by Crippen LogP contribution is -2.39. The quantitative estimate of drug-likeness (QED) is 0.721. The maximum atomic E-state index is 12.2. The Morgan fingerprint density at radius 1 is 1.06 bits per heavy atom. The first-order valence-electron chi connectivity index (χ1n) is 5.55. The number of anilines is 1.